The van der Waals surface area contributed by atoms with Crippen LogP contribution in [0.3, 0.4) is 0 Å². The highest BCUT2D eigenvalue weighted by atomic mass is 32.1. The van der Waals surface area contributed by atoms with Crippen LogP contribution in [0.15, 0.2) is 59.5 Å². The summed E-state index contributed by atoms with van der Waals surface area (Å²) in [5.41, 5.74) is 4.20. The van der Waals surface area contributed by atoms with Crippen molar-refractivity contribution in [3.05, 3.63) is 76.9 Å². The second-order valence-corrected chi connectivity index (χ2v) is 10.3. The first-order chi connectivity index (χ1) is 19.8. The van der Waals surface area contributed by atoms with Crippen LogP contribution in [0, 0.1) is 0 Å². The molecule has 0 radical (unpaired) electrons. The molecule has 3 aromatic rings. The molecule has 1 fully saturated rings. The van der Waals surface area contributed by atoms with Crippen molar-refractivity contribution in [1.29, 1.82) is 0 Å². The number of benzene rings is 3. The standard InChI is InChI=1S/C30H32N4O6S/c1-38-24-10-7-17(13-25(24)39-2)27(32-19-8-6-18-16-31-28(35)21(18)14-19)29(36)34-12-4-5-23(34)22-15-20(9-11-26(22)41)33-30(37)40-3/h6-11,13-15,23,27,32,41H,4-5,12,16H2,1-3H3,(H,31,35)(H,33,37)/t23-,27-/m1/s1. The summed E-state index contributed by atoms with van der Waals surface area (Å²) in [5, 5.41) is 8.90. The fraction of sp³-hybridized carbons (Fsp3) is 0.300. The molecule has 10 nitrogen and oxygen atoms in total. The number of likely N-dealkylation sites (tertiary alicyclic amines) is 1. The van der Waals surface area contributed by atoms with Gasteiger partial charge in [0.15, 0.2) is 11.5 Å². The number of fused-ring (bicyclic) bond motifs is 1. The van der Waals surface area contributed by atoms with Gasteiger partial charge >= 0.3 is 6.09 Å². The van der Waals surface area contributed by atoms with Gasteiger partial charge in [0, 0.05) is 34.9 Å². The first kappa shape index (κ1) is 28.2. The monoisotopic (exact) mass is 576 g/mol. The Morgan fingerprint density at radius 3 is 2.54 bits per heavy atom. The lowest BCUT2D eigenvalue weighted by Crippen LogP contribution is -2.38. The highest BCUT2D eigenvalue weighted by molar-refractivity contribution is 7.80. The second-order valence-electron chi connectivity index (χ2n) is 9.83. The number of thiol groups is 1. The van der Waals surface area contributed by atoms with Crippen molar-refractivity contribution in [2.24, 2.45) is 0 Å². The van der Waals surface area contributed by atoms with Crippen molar-refractivity contribution in [3.63, 3.8) is 0 Å². The minimum absolute atomic E-state index is 0.140. The number of ether oxygens (including phenoxy) is 3. The molecule has 2 aliphatic rings. The molecule has 3 aromatic carbocycles. The first-order valence-electron chi connectivity index (χ1n) is 13.2. The third-order valence-electron chi connectivity index (χ3n) is 7.45. The highest BCUT2D eigenvalue weighted by Crippen LogP contribution is 2.40. The number of methoxy groups -OCH3 is 3. The molecular formula is C30H32N4O6S. The number of carbonyl (C=O) groups is 3. The van der Waals surface area contributed by atoms with Gasteiger partial charge in [-0.05, 0) is 72.0 Å². The average molecular weight is 577 g/mol. The lowest BCUT2D eigenvalue weighted by atomic mass is 10.00. The van der Waals surface area contributed by atoms with E-state index in [4.69, 9.17) is 14.2 Å². The predicted molar refractivity (Wildman–Crippen MR) is 157 cm³/mol. The zero-order chi connectivity index (χ0) is 29.1. The van der Waals surface area contributed by atoms with Gasteiger partial charge in [-0.2, -0.15) is 0 Å². The third-order valence-corrected chi connectivity index (χ3v) is 7.85. The molecule has 11 heteroatoms. The van der Waals surface area contributed by atoms with Crippen molar-refractivity contribution >= 4 is 41.9 Å². The summed E-state index contributed by atoms with van der Waals surface area (Å²) in [4.78, 5) is 41.1. The van der Waals surface area contributed by atoms with E-state index in [1.807, 2.05) is 29.2 Å². The number of nitrogens with one attached hydrogen (secondary N) is 3. The van der Waals surface area contributed by atoms with Gasteiger partial charge in [-0.25, -0.2) is 4.79 Å². The fourth-order valence-electron chi connectivity index (χ4n) is 5.38. The van der Waals surface area contributed by atoms with Gasteiger partial charge in [0.05, 0.1) is 27.4 Å². The summed E-state index contributed by atoms with van der Waals surface area (Å²) >= 11 is 4.67. The third kappa shape index (κ3) is 5.76. The largest absolute Gasteiger partial charge is 0.493 e. The van der Waals surface area contributed by atoms with Crippen molar-refractivity contribution in [2.75, 3.05) is 38.5 Å². The normalized spacial score (nSPS) is 16.4. The summed E-state index contributed by atoms with van der Waals surface area (Å²) in [6, 6.07) is 15.2. The van der Waals surface area contributed by atoms with Crippen LogP contribution >= 0.6 is 12.6 Å². The molecule has 2 atom stereocenters. The van der Waals surface area contributed by atoms with Gasteiger partial charge in [0.2, 0.25) is 5.91 Å². The van der Waals surface area contributed by atoms with E-state index >= 15 is 0 Å². The van der Waals surface area contributed by atoms with E-state index in [2.05, 4.69) is 28.6 Å². The van der Waals surface area contributed by atoms with E-state index in [1.165, 1.54) is 7.11 Å². The Labute approximate surface area is 243 Å². The fourth-order valence-corrected chi connectivity index (χ4v) is 5.66. The quantitative estimate of drug-likeness (QED) is 0.281. The van der Waals surface area contributed by atoms with Gasteiger partial charge in [-0.1, -0.05) is 12.1 Å². The van der Waals surface area contributed by atoms with Gasteiger partial charge in [0.1, 0.15) is 6.04 Å². The molecule has 2 heterocycles. The molecule has 2 aliphatic heterocycles. The maximum absolute atomic E-state index is 14.4. The van der Waals surface area contributed by atoms with Crippen LogP contribution in [0.1, 0.15) is 52.0 Å². The highest BCUT2D eigenvalue weighted by Gasteiger charge is 2.36. The van der Waals surface area contributed by atoms with Crippen molar-refractivity contribution in [2.45, 2.75) is 36.4 Å². The van der Waals surface area contributed by atoms with Crippen LogP contribution in [-0.4, -0.2) is 50.7 Å². The molecule has 0 spiro atoms. The summed E-state index contributed by atoms with van der Waals surface area (Å²) in [6.07, 6.45) is 0.956. The van der Waals surface area contributed by atoms with Crippen LogP contribution in [0.25, 0.3) is 0 Å². The summed E-state index contributed by atoms with van der Waals surface area (Å²) in [5.74, 6) is 0.753. The van der Waals surface area contributed by atoms with Crippen molar-refractivity contribution in [3.8, 4) is 11.5 Å². The zero-order valence-electron chi connectivity index (χ0n) is 23.0. The number of hydrogen-bond donors (Lipinski definition) is 4. The minimum Gasteiger partial charge on any atom is -0.493 e. The Morgan fingerprint density at radius 2 is 1.78 bits per heavy atom. The Bertz CT molecular complexity index is 1500. The van der Waals surface area contributed by atoms with Crippen molar-refractivity contribution in [1.82, 2.24) is 10.2 Å². The smallest absolute Gasteiger partial charge is 0.411 e. The maximum Gasteiger partial charge on any atom is 0.411 e. The SMILES string of the molecule is COC(=O)Nc1ccc(S)c([C@H]2CCCN2C(=O)[C@H](Nc2ccc3c(c2)C(=O)NC3)c2ccc(OC)c(OC)c2)c1. The molecule has 0 bridgehead atoms. The Morgan fingerprint density at radius 1 is 1.00 bits per heavy atom. The number of carbonyl (C=O) groups excluding carboxylic acids is 3. The van der Waals surface area contributed by atoms with Gasteiger partial charge in [0.25, 0.3) is 5.91 Å². The van der Waals surface area contributed by atoms with Crippen LogP contribution in [0.2, 0.25) is 0 Å². The molecule has 0 unspecified atom stereocenters. The van der Waals surface area contributed by atoms with Gasteiger partial charge in [-0.3, -0.25) is 14.9 Å². The van der Waals surface area contributed by atoms with E-state index in [9.17, 15) is 14.4 Å². The molecule has 0 aliphatic carbocycles. The topological polar surface area (TPSA) is 118 Å². The lowest BCUT2D eigenvalue weighted by molar-refractivity contribution is -0.133. The number of nitrogens with zero attached hydrogens (tertiary/aromatic N) is 1. The zero-order valence-corrected chi connectivity index (χ0v) is 23.9. The van der Waals surface area contributed by atoms with Gasteiger partial charge in [-0.15, -0.1) is 12.6 Å². The Balaban J connectivity index is 1.51. The van der Waals surface area contributed by atoms with Crippen LogP contribution in [0.5, 0.6) is 11.5 Å². The molecule has 3 N–H and O–H groups in total. The molecule has 3 amide bonds. The number of hydrogen-bond acceptors (Lipinski definition) is 8. The average Bonchev–Trinajstić information content (AvgIpc) is 3.63. The van der Waals surface area contributed by atoms with Crippen molar-refractivity contribution < 1.29 is 28.6 Å². The first-order valence-corrected chi connectivity index (χ1v) is 13.7. The molecule has 0 aromatic heterocycles. The van der Waals surface area contributed by atoms with Gasteiger partial charge < -0.3 is 29.7 Å². The molecular weight excluding hydrogens is 544 g/mol. The van der Waals surface area contributed by atoms with Crippen LogP contribution in [0.4, 0.5) is 16.2 Å². The Hall–Kier alpha value is -4.38. The van der Waals surface area contributed by atoms with E-state index in [0.717, 1.165) is 24.0 Å². The second kappa shape index (κ2) is 12.0. The predicted octanol–water partition coefficient (Wildman–Crippen LogP) is 4.93. The molecule has 214 valence electrons. The molecule has 1 saturated heterocycles. The van der Waals surface area contributed by atoms with E-state index in [0.29, 0.717) is 52.0 Å². The van der Waals surface area contributed by atoms with Crippen LogP contribution in [-0.2, 0) is 16.1 Å². The summed E-state index contributed by atoms with van der Waals surface area (Å²) in [6.45, 7) is 1.03. The molecule has 41 heavy (non-hydrogen) atoms. The summed E-state index contributed by atoms with van der Waals surface area (Å²) in [7, 11) is 4.40. The number of amides is 3. The van der Waals surface area contributed by atoms with E-state index < -0.39 is 12.1 Å². The molecule has 0 saturated carbocycles. The minimum atomic E-state index is -0.794. The number of rotatable bonds is 8. The Kier molecular flexibility index (Phi) is 8.25. The lowest BCUT2D eigenvalue weighted by Gasteiger charge is -2.31. The number of anilines is 2. The van der Waals surface area contributed by atoms with E-state index in [-0.39, 0.29) is 17.9 Å². The van der Waals surface area contributed by atoms with E-state index in [1.54, 1.807) is 44.6 Å². The maximum atomic E-state index is 14.4. The molecule has 5 rings (SSSR count). The van der Waals surface area contributed by atoms with Crippen LogP contribution < -0.4 is 25.4 Å². The summed E-state index contributed by atoms with van der Waals surface area (Å²) < 4.78 is 15.7.